The topological polar surface area (TPSA) is 80.0 Å². The Balaban J connectivity index is 0.00000169. The van der Waals surface area contributed by atoms with Crippen LogP contribution in [0.1, 0.15) is 53.8 Å². The van der Waals surface area contributed by atoms with Crippen molar-refractivity contribution in [3.05, 3.63) is 23.0 Å². The van der Waals surface area contributed by atoms with Crippen molar-refractivity contribution >= 4 is 29.4 Å². The first-order valence-electron chi connectivity index (χ1n) is 8.54. The number of carbonyl (C=O) groups excluding carboxylic acids is 1. The van der Waals surface area contributed by atoms with E-state index in [9.17, 15) is 4.79 Å². The fourth-order valence-electron chi connectivity index (χ4n) is 3.03. The molecular weight excluding hydrogens is 328 g/mol. The van der Waals surface area contributed by atoms with Gasteiger partial charge in [0.15, 0.2) is 0 Å². The number of rotatable bonds is 6. The molecule has 0 spiro atoms. The maximum atomic E-state index is 12.7. The molecule has 1 aliphatic heterocycles. The molecule has 0 unspecified atom stereocenters. The lowest BCUT2D eigenvalue weighted by Crippen LogP contribution is -2.48. The number of pyridine rings is 1. The minimum absolute atomic E-state index is 0. The van der Waals surface area contributed by atoms with Gasteiger partial charge in [-0.2, -0.15) is 0 Å². The Morgan fingerprint density at radius 1 is 1.42 bits per heavy atom. The summed E-state index contributed by atoms with van der Waals surface area (Å²) in [5.74, 6) is 0.977. The summed E-state index contributed by atoms with van der Waals surface area (Å²) in [4.78, 5) is 17.3. The fraction of sp³-hybridized carbons (Fsp3) is 0.588. The van der Waals surface area contributed by atoms with Gasteiger partial charge in [-0.3, -0.25) is 4.79 Å². The molecule has 1 saturated heterocycles. The summed E-state index contributed by atoms with van der Waals surface area (Å²) in [6.07, 6.45) is 4.04. The van der Waals surface area contributed by atoms with Gasteiger partial charge >= 0.3 is 0 Å². The third-order valence-corrected chi connectivity index (χ3v) is 4.68. The van der Waals surface area contributed by atoms with Crippen LogP contribution < -0.4 is 10.6 Å². The lowest BCUT2D eigenvalue weighted by atomic mass is 10.0. The van der Waals surface area contributed by atoms with E-state index in [0.717, 1.165) is 55.5 Å². The molecule has 2 aliphatic rings. The number of aryl methyl sites for hydroxylation is 1. The predicted octanol–water partition coefficient (Wildman–Crippen LogP) is 2.42. The molecule has 1 amide bonds. The van der Waals surface area contributed by atoms with Crippen LogP contribution in [0.2, 0.25) is 0 Å². The summed E-state index contributed by atoms with van der Waals surface area (Å²) in [5, 5.41) is 11.2. The zero-order chi connectivity index (χ0) is 15.8. The molecule has 2 fully saturated rings. The average Bonchev–Trinajstić information content (AvgIpc) is 3.28. The predicted molar refractivity (Wildman–Crippen MR) is 93.7 cm³/mol. The smallest absolute Gasteiger partial charge is 0.259 e. The van der Waals surface area contributed by atoms with Crippen LogP contribution in [0.4, 0.5) is 0 Å². The Kier molecular flexibility index (Phi) is 5.06. The summed E-state index contributed by atoms with van der Waals surface area (Å²) in [7, 11) is 0. The van der Waals surface area contributed by atoms with Gasteiger partial charge in [0, 0.05) is 37.2 Å². The Hall–Kier alpha value is -1.66. The summed E-state index contributed by atoms with van der Waals surface area (Å²) >= 11 is 0. The highest BCUT2D eigenvalue weighted by Gasteiger charge is 2.29. The summed E-state index contributed by atoms with van der Waals surface area (Å²) in [5.41, 5.74) is 2.99. The van der Waals surface area contributed by atoms with E-state index in [1.165, 1.54) is 0 Å². The molecule has 1 saturated carbocycles. The van der Waals surface area contributed by atoms with Gasteiger partial charge in [0.2, 0.25) is 0 Å². The molecule has 0 atom stereocenters. The van der Waals surface area contributed by atoms with Crippen molar-refractivity contribution in [2.45, 2.75) is 38.5 Å². The number of carbonyl (C=O) groups is 1. The van der Waals surface area contributed by atoms with Crippen LogP contribution in [-0.4, -0.2) is 35.7 Å². The number of fused-ring (bicyclic) bond motifs is 1. The van der Waals surface area contributed by atoms with E-state index in [4.69, 9.17) is 4.52 Å². The monoisotopic (exact) mass is 350 g/mol. The van der Waals surface area contributed by atoms with Crippen molar-refractivity contribution in [3.8, 4) is 0 Å². The molecule has 130 valence electrons. The number of nitrogens with zero attached hydrogens (tertiary/aromatic N) is 2. The first kappa shape index (κ1) is 17.2. The Labute approximate surface area is 147 Å². The van der Waals surface area contributed by atoms with Crippen molar-refractivity contribution in [2.24, 2.45) is 5.92 Å². The number of hydrogen-bond acceptors (Lipinski definition) is 5. The zero-order valence-electron chi connectivity index (χ0n) is 13.8. The lowest BCUT2D eigenvalue weighted by molar-refractivity contribution is 0.0943. The average molecular weight is 351 g/mol. The number of amides is 1. The summed E-state index contributed by atoms with van der Waals surface area (Å²) in [6.45, 7) is 4.76. The van der Waals surface area contributed by atoms with Crippen LogP contribution in [0.5, 0.6) is 0 Å². The molecule has 7 heteroatoms. The Morgan fingerprint density at radius 3 is 2.83 bits per heavy atom. The quantitative estimate of drug-likeness (QED) is 0.836. The van der Waals surface area contributed by atoms with E-state index >= 15 is 0 Å². The maximum absolute atomic E-state index is 12.7. The normalized spacial score (nSPS) is 17.4. The summed E-state index contributed by atoms with van der Waals surface area (Å²) in [6, 6.07) is 1.95. The van der Waals surface area contributed by atoms with Crippen LogP contribution in [0, 0.1) is 5.92 Å². The van der Waals surface area contributed by atoms with Crippen LogP contribution in [0.15, 0.2) is 10.6 Å². The van der Waals surface area contributed by atoms with Gasteiger partial charge in [0.05, 0.1) is 16.6 Å². The first-order valence-corrected chi connectivity index (χ1v) is 8.54. The maximum Gasteiger partial charge on any atom is 0.259 e. The first-order chi connectivity index (χ1) is 11.3. The van der Waals surface area contributed by atoms with Gasteiger partial charge in [-0.1, -0.05) is 18.5 Å². The lowest BCUT2D eigenvalue weighted by Gasteiger charge is -2.27. The van der Waals surface area contributed by atoms with Crippen molar-refractivity contribution in [1.29, 1.82) is 0 Å². The molecule has 2 aromatic heterocycles. The SMILES string of the molecule is CCCc1noc2nc(C3CC3)cc(C(=O)NCC3CNC3)c12.Cl. The van der Waals surface area contributed by atoms with Crippen LogP contribution >= 0.6 is 12.4 Å². The van der Waals surface area contributed by atoms with Crippen LogP contribution in [-0.2, 0) is 6.42 Å². The molecule has 3 heterocycles. The third kappa shape index (κ3) is 3.26. The molecule has 1 aliphatic carbocycles. The van der Waals surface area contributed by atoms with E-state index in [-0.39, 0.29) is 18.3 Å². The van der Waals surface area contributed by atoms with E-state index in [2.05, 4.69) is 27.7 Å². The molecular formula is C17H23ClN4O2. The molecule has 0 radical (unpaired) electrons. The van der Waals surface area contributed by atoms with Gasteiger partial charge in [-0.25, -0.2) is 4.98 Å². The number of hydrogen-bond donors (Lipinski definition) is 2. The molecule has 0 bridgehead atoms. The van der Waals surface area contributed by atoms with Gasteiger partial charge < -0.3 is 15.2 Å². The van der Waals surface area contributed by atoms with Crippen molar-refractivity contribution in [3.63, 3.8) is 0 Å². The van der Waals surface area contributed by atoms with Crippen LogP contribution in [0.3, 0.4) is 0 Å². The number of nitrogens with one attached hydrogen (secondary N) is 2. The highest BCUT2D eigenvalue weighted by atomic mass is 35.5. The minimum Gasteiger partial charge on any atom is -0.352 e. The number of aromatic nitrogens is 2. The highest BCUT2D eigenvalue weighted by molar-refractivity contribution is 6.06. The van der Waals surface area contributed by atoms with Crippen molar-refractivity contribution in [1.82, 2.24) is 20.8 Å². The minimum atomic E-state index is -0.0354. The zero-order valence-corrected chi connectivity index (χ0v) is 14.6. The molecule has 6 nitrogen and oxygen atoms in total. The third-order valence-electron chi connectivity index (χ3n) is 4.68. The standard InChI is InChI=1S/C17H22N4O2.ClH/c1-2-3-13-15-12(16(22)19-9-10-7-18-8-10)6-14(11-4-5-11)20-17(15)23-21-13;/h6,10-11,18H,2-5,7-9H2,1H3,(H,19,22);1H. The van der Waals surface area contributed by atoms with E-state index in [0.29, 0.717) is 29.7 Å². The molecule has 0 aromatic carbocycles. The van der Waals surface area contributed by atoms with Gasteiger partial charge in [0.1, 0.15) is 0 Å². The Morgan fingerprint density at radius 2 is 2.21 bits per heavy atom. The number of halogens is 1. The highest BCUT2D eigenvalue weighted by Crippen LogP contribution is 2.40. The largest absolute Gasteiger partial charge is 0.352 e. The van der Waals surface area contributed by atoms with Gasteiger partial charge in [0.25, 0.3) is 11.6 Å². The van der Waals surface area contributed by atoms with Gasteiger partial charge in [-0.05, 0) is 25.3 Å². The molecule has 2 N–H and O–H groups in total. The van der Waals surface area contributed by atoms with Crippen LogP contribution in [0.25, 0.3) is 11.1 Å². The second-order valence-corrected chi connectivity index (χ2v) is 6.66. The van der Waals surface area contributed by atoms with Gasteiger partial charge in [-0.15, -0.1) is 12.4 Å². The molecule has 4 rings (SSSR count). The molecule has 2 aromatic rings. The van der Waals surface area contributed by atoms with Crippen molar-refractivity contribution < 1.29 is 9.32 Å². The van der Waals surface area contributed by atoms with E-state index in [1.54, 1.807) is 0 Å². The fourth-order valence-corrected chi connectivity index (χ4v) is 3.03. The second-order valence-electron chi connectivity index (χ2n) is 6.66. The van der Waals surface area contributed by atoms with E-state index in [1.807, 2.05) is 6.07 Å². The summed E-state index contributed by atoms with van der Waals surface area (Å²) < 4.78 is 5.42. The second kappa shape index (κ2) is 7.07. The van der Waals surface area contributed by atoms with E-state index < -0.39 is 0 Å². The van der Waals surface area contributed by atoms with Crippen molar-refractivity contribution in [2.75, 3.05) is 19.6 Å². The molecule has 24 heavy (non-hydrogen) atoms. The Bertz CT molecular complexity index is 738.